The summed E-state index contributed by atoms with van der Waals surface area (Å²) in [6, 6.07) is 15.3. The number of anilines is 1. The summed E-state index contributed by atoms with van der Waals surface area (Å²) in [7, 11) is 1.62. The minimum absolute atomic E-state index is 0.0724. The summed E-state index contributed by atoms with van der Waals surface area (Å²) in [6.45, 7) is 3.59. The largest absolute Gasteiger partial charge is 0.385 e. The van der Waals surface area contributed by atoms with E-state index in [4.69, 9.17) is 27.9 Å². The van der Waals surface area contributed by atoms with Crippen molar-refractivity contribution >= 4 is 29.0 Å². The third-order valence-corrected chi connectivity index (χ3v) is 6.66. The van der Waals surface area contributed by atoms with Gasteiger partial charge in [-0.1, -0.05) is 35.3 Å². The first-order valence-electron chi connectivity index (χ1n) is 12.0. The number of para-hydroxylation sites is 1. The van der Waals surface area contributed by atoms with Gasteiger partial charge < -0.3 is 15.2 Å². The Bertz CT molecular complexity index is 1480. The van der Waals surface area contributed by atoms with Crippen molar-refractivity contribution < 1.29 is 18.6 Å². The first-order valence-corrected chi connectivity index (χ1v) is 12.8. The van der Waals surface area contributed by atoms with Gasteiger partial charge in [-0.15, -0.1) is 5.10 Å². The van der Waals surface area contributed by atoms with Gasteiger partial charge in [0.2, 0.25) is 0 Å². The third-order valence-electron chi connectivity index (χ3n) is 6.09. The number of benzene rings is 2. The predicted octanol–water partition coefficient (Wildman–Crippen LogP) is 4.72. The highest BCUT2D eigenvalue weighted by molar-refractivity contribution is 6.32. The Hall–Kier alpha value is -3.25. The number of ether oxygens (including phenoxy) is 1. The van der Waals surface area contributed by atoms with Crippen molar-refractivity contribution in [3.05, 3.63) is 80.8 Å². The SMILES string of the molecule is COC(C)(C)CNc1cc(Cn2nc(-c3ccc(Cl)cc3)n(C[C@H](O)C(F)F)c2=O)nn1-c1ccccc1Cl. The van der Waals surface area contributed by atoms with Crippen molar-refractivity contribution in [2.75, 3.05) is 19.0 Å². The van der Waals surface area contributed by atoms with Crippen LogP contribution in [-0.4, -0.2) is 61.0 Å². The lowest BCUT2D eigenvalue weighted by atomic mass is 10.1. The van der Waals surface area contributed by atoms with Crippen molar-refractivity contribution in [2.24, 2.45) is 0 Å². The molecule has 2 heterocycles. The normalized spacial score (nSPS) is 12.7. The molecule has 2 N–H and O–H groups in total. The quantitative estimate of drug-likeness (QED) is 0.266. The van der Waals surface area contributed by atoms with Gasteiger partial charge >= 0.3 is 5.69 Å². The fourth-order valence-electron chi connectivity index (χ4n) is 3.76. The zero-order valence-electron chi connectivity index (χ0n) is 21.5. The Morgan fingerprint density at radius 2 is 1.79 bits per heavy atom. The van der Waals surface area contributed by atoms with Gasteiger partial charge in [0.25, 0.3) is 6.43 Å². The lowest BCUT2D eigenvalue weighted by Crippen LogP contribution is -2.32. The molecular weight excluding hydrogens is 553 g/mol. The fraction of sp³-hybridized carbons (Fsp3) is 0.346. The smallest absolute Gasteiger partial charge is 0.346 e. The number of hydrogen-bond donors (Lipinski definition) is 2. The molecule has 0 aliphatic heterocycles. The molecule has 2 aromatic heterocycles. The van der Waals surface area contributed by atoms with Gasteiger partial charge in [0.05, 0.1) is 35.1 Å². The number of aliphatic hydroxyl groups excluding tert-OH is 1. The molecule has 4 aromatic rings. The molecule has 2 aromatic carbocycles. The molecular formula is C26H28Cl2F2N6O3. The standard InChI is InChI=1S/C26H28Cl2F2N6O3/c1-26(2,39-3)15-31-22-12-18(32-36(22)20-7-5-4-6-19(20)28)13-35-25(38)34(14-21(37)23(29)30)24(33-35)16-8-10-17(27)11-9-16/h4-12,21,23,31,37H,13-15H2,1-3H3/t21-/m0/s1. The number of halogens is 4. The summed E-state index contributed by atoms with van der Waals surface area (Å²) in [5, 5.41) is 23.1. The number of nitrogens with one attached hydrogen (secondary N) is 1. The first kappa shape index (κ1) is 28.8. The summed E-state index contributed by atoms with van der Waals surface area (Å²) in [4.78, 5) is 13.3. The van der Waals surface area contributed by atoms with Crippen LogP contribution in [0.5, 0.6) is 0 Å². The van der Waals surface area contributed by atoms with Crippen LogP contribution >= 0.6 is 23.2 Å². The van der Waals surface area contributed by atoms with Crippen molar-refractivity contribution in [3.8, 4) is 17.1 Å². The number of nitrogens with zero attached hydrogens (tertiary/aromatic N) is 5. The highest BCUT2D eigenvalue weighted by Gasteiger charge is 2.24. The molecule has 208 valence electrons. The minimum atomic E-state index is -3.03. The summed E-state index contributed by atoms with van der Waals surface area (Å²) in [5.74, 6) is 0.712. The number of methoxy groups -OCH3 is 1. The average Bonchev–Trinajstić information content (AvgIpc) is 3.44. The number of aliphatic hydroxyl groups is 1. The van der Waals surface area contributed by atoms with Crippen molar-refractivity contribution in [1.29, 1.82) is 0 Å². The van der Waals surface area contributed by atoms with Crippen molar-refractivity contribution in [1.82, 2.24) is 24.1 Å². The van der Waals surface area contributed by atoms with E-state index in [2.05, 4.69) is 15.5 Å². The summed E-state index contributed by atoms with van der Waals surface area (Å²) in [6.07, 6.45) is -5.08. The molecule has 0 unspecified atom stereocenters. The number of alkyl halides is 2. The fourth-order valence-corrected chi connectivity index (χ4v) is 4.10. The van der Waals surface area contributed by atoms with Gasteiger partial charge in [-0.05, 0) is 50.2 Å². The molecule has 13 heteroatoms. The van der Waals surface area contributed by atoms with E-state index >= 15 is 0 Å². The molecule has 9 nitrogen and oxygen atoms in total. The maximum atomic E-state index is 13.3. The monoisotopic (exact) mass is 580 g/mol. The predicted molar refractivity (Wildman–Crippen MR) is 146 cm³/mol. The van der Waals surface area contributed by atoms with Crippen LogP contribution in [0.15, 0.2) is 59.4 Å². The van der Waals surface area contributed by atoms with E-state index < -0.39 is 30.4 Å². The van der Waals surface area contributed by atoms with Gasteiger partial charge in [0.1, 0.15) is 11.9 Å². The molecule has 0 bridgehead atoms. The van der Waals surface area contributed by atoms with Crippen LogP contribution in [0.4, 0.5) is 14.6 Å². The summed E-state index contributed by atoms with van der Waals surface area (Å²) in [5.41, 5.74) is 0.383. The second-order valence-corrected chi connectivity index (χ2v) is 10.3. The van der Waals surface area contributed by atoms with E-state index in [0.29, 0.717) is 39.4 Å². The Balaban J connectivity index is 1.75. The highest BCUT2D eigenvalue weighted by Crippen LogP contribution is 2.26. The van der Waals surface area contributed by atoms with Crippen molar-refractivity contribution in [2.45, 2.75) is 45.1 Å². The Morgan fingerprint density at radius 1 is 1.10 bits per heavy atom. The second-order valence-electron chi connectivity index (χ2n) is 9.48. The lowest BCUT2D eigenvalue weighted by molar-refractivity contribution is -0.0139. The average molecular weight is 581 g/mol. The molecule has 0 aliphatic carbocycles. The van der Waals surface area contributed by atoms with Gasteiger partial charge in [0, 0.05) is 30.3 Å². The minimum Gasteiger partial charge on any atom is -0.385 e. The first-order chi connectivity index (χ1) is 18.5. The summed E-state index contributed by atoms with van der Waals surface area (Å²) >= 11 is 12.4. The highest BCUT2D eigenvalue weighted by atomic mass is 35.5. The number of hydrogen-bond acceptors (Lipinski definition) is 6. The summed E-state index contributed by atoms with van der Waals surface area (Å²) < 4.78 is 35.6. The van der Waals surface area contributed by atoms with Crippen LogP contribution < -0.4 is 11.0 Å². The van der Waals surface area contributed by atoms with Crippen LogP contribution in [0.25, 0.3) is 17.1 Å². The number of aromatic nitrogens is 5. The molecule has 0 aliphatic rings. The molecule has 4 rings (SSSR count). The molecule has 0 fully saturated rings. The Kier molecular flexibility index (Phi) is 8.75. The van der Waals surface area contributed by atoms with Gasteiger partial charge in [-0.2, -0.15) is 5.10 Å². The van der Waals surface area contributed by atoms with E-state index in [9.17, 15) is 18.7 Å². The molecule has 39 heavy (non-hydrogen) atoms. The van der Waals surface area contributed by atoms with E-state index in [-0.39, 0.29) is 12.4 Å². The van der Waals surface area contributed by atoms with Crippen LogP contribution in [-0.2, 0) is 17.8 Å². The zero-order chi connectivity index (χ0) is 28.3. The van der Waals surface area contributed by atoms with Gasteiger partial charge in [0.15, 0.2) is 5.82 Å². The Labute approximate surface area is 233 Å². The van der Waals surface area contributed by atoms with Crippen LogP contribution in [0.1, 0.15) is 19.5 Å². The van der Waals surface area contributed by atoms with E-state index in [1.54, 1.807) is 60.3 Å². The second kappa shape index (κ2) is 11.9. The van der Waals surface area contributed by atoms with Crippen molar-refractivity contribution in [3.63, 3.8) is 0 Å². The molecule has 0 amide bonds. The van der Waals surface area contributed by atoms with E-state index in [1.165, 1.54) is 0 Å². The van der Waals surface area contributed by atoms with Gasteiger partial charge in [-0.3, -0.25) is 4.57 Å². The van der Waals surface area contributed by atoms with Crippen LogP contribution in [0.2, 0.25) is 10.0 Å². The maximum Gasteiger partial charge on any atom is 0.346 e. The van der Waals surface area contributed by atoms with E-state index in [1.807, 2.05) is 19.9 Å². The zero-order valence-corrected chi connectivity index (χ0v) is 23.0. The van der Waals surface area contributed by atoms with Crippen LogP contribution in [0.3, 0.4) is 0 Å². The topological polar surface area (TPSA) is 99.1 Å². The number of rotatable bonds is 11. The van der Waals surface area contributed by atoms with Crippen LogP contribution in [0, 0.1) is 0 Å². The van der Waals surface area contributed by atoms with E-state index in [0.717, 1.165) is 9.25 Å². The molecule has 0 spiro atoms. The molecule has 0 saturated carbocycles. The molecule has 0 radical (unpaired) electrons. The molecule has 1 atom stereocenters. The Morgan fingerprint density at radius 3 is 2.44 bits per heavy atom. The maximum absolute atomic E-state index is 13.3. The third kappa shape index (κ3) is 6.67. The molecule has 0 saturated heterocycles. The van der Waals surface area contributed by atoms with Gasteiger partial charge in [-0.25, -0.2) is 22.9 Å². The lowest BCUT2D eigenvalue weighted by Gasteiger charge is -2.24.